The Morgan fingerprint density at radius 3 is 2.45 bits per heavy atom. The molecule has 66 valence electrons. The van der Waals surface area contributed by atoms with Crippen molar-refractivity contribution < 1.29 is 14.3 Å². The van der Waals surface area contributed by atoms with Gasteiger partial charge in [-0.05, 0) is 13.8 Å². The molecule has 0 N–H and O–H groups in total. The zero-order valence-corrected chi connectivity index (χ0v) is 7.93. The molecule has 0 aromatic heterocycles. The normalized spacial score (nSPS) is 15.6. The summed E-state index contributed by atoms with van der Waals surface area (Å²) in [6.45, 7) is 3.79. The summed E-state index contributed by atoms with van der Waals surface area (Å²) >= 11 is 3.91. The van der Waals surface area contributed by atoms with Crippen LogP contribution in [-0.2, 0) is 14.3 Å². The van der Waals surface area contributed by atoms with Crippen molar-refractivity contribution in [3.63, 3.8) is 0 Å². The Morgan fingerprint density at radius 2 is 2.09 bits per heavy atom. The van der Waals surface area contributed by atoms with Crippen LogP contribution < -0.4 is 0 Å². The molecular weight excluding hydrogens is 164 g/mol. The first-order valence-electron chi connectivity index (χ1n) is 3.45. The number of carbonyl (C=O) groups excluding carboxylic acids is 1. The Kier molecular flexibility index (Phi) is 5.32. The fraction of sp³-hybridized carbons (Fsp3) is 0.857. The van der Waals surface area contributed by atoms with Crippen LogP contribution in [0.25, 0.3) is 0 Å². The topological polar surface area (TPSA) is 35.5 Å². The van der Waals surface area contributed by atoms with Crippen molar-refractivity contribution in [1.29, 1.82) is 0 Å². The number of methoxy groups -OCH3 is 1. The third-order valence-corrected chi connectivity index (χ3v) is 1.41. The van der Waals surface area contributed by atoms with E-state index in [-0.39, 0.29) is 17.3 Å². The third kappa shape index (κ3) is 5.09. The highest BCUT2D eigenvalue weighted by Gasteiger charge is 2.10. The predicted octanol–water partition coefficient (Wildman–Crippen LogP) is 0.883. The second kappa shape index (κ2) is 5.43. The summed E-state index contributed by atoms with van der Waals surface area (Å²) in [6, 6.07) is 0. The van der Waals surface area contributed by atoms with E-state index in [0.29, 0.717) is 6.61 Å². The molecule has 0 radical (unpaired) electrons. The molecule has 2 atom stereocenters. The van der Waals surface area contributed by atoms with E-state index in [1.54, 1.807) is 14.0 Å². The lowest BCUT2D eigenvalue weighted by Crippen LogP contribution is -2.21. The van der Waals surface area contributed by atoms with Crippen LogP contribution >= 0.6 is 12.6 Å². The Labute approximate surface area is 72.5 Å². The van der Waals surface area contributed by atoms with Crippen molar-refractivity contribution in [3.05, 3.63) is 0 Å². The number of rotatable bonds is 4. The Balaban J connectivity index is 3.46. The molecule has 0 heterocycles. The first kappa shape index (κ1) is 10.8. The first-order chi connectivity index (χ1) is 5.07. The molecule has 0 aliphatic heterocycles. The molecule has 0 saturated heterocycles. The summed E-state index contributed by atoms with van der Waals surface area (Å²) in [4.78, 5) is 10.8. The van der Waals surface area contributed by atoms with Gasteiger partial charge in [0.1, 0.15) is 6.61 Å². The lowest BCUT2D eigenvalue weighted by atomic mass is 10.4. The van der Waals surface area contributed by atoms with Gasteiger partial charge in [-0.25, -0.2) is 0 Å². The molecule has 2 unspecified atom stereocenters. The summed E-state index contributed by atoms with van der Waals surface area (Å²) in [5.41, 5.74) is 0. The van der Waals surface area contributed by atoms with Gasteiger partial charge in [-0.1, -0.05) is 0 Å². The van der Waals surface area contributed by atoms with E-state index in [4.69, 9.17) is 9.47 Å². The fourth-order valence-corrected chi connectivity index (χ4v) is 0.463. The molecule has 0 aliphatic rings. The molecule has 0 aromatic rings. The standard InChI is InChI=1S/C7H14O3S/c1-5(9-3)4-10-7(8)6(2)11/h5-6,11H,4H2,1-3H3. The molecule has 3 nitrogen and oxygen atoms in total. The maximum atomic E-state index is 10.8. The lowest BCUT2D eigenvalue weighted by molar-refractivity contribution is -0.145. The van der Waals surface area contributed by atoms with Crippen LogP contribution in [0.5, 0.6) is 0 Å². The quantitative estimate of drug-likeness (QED) is 0.513. The number of hydrogen-bond acceptors (Lipinski definition) is 4. The highest BCUT2D eigenvalue weighted by molar-refractivity contribution is 7.81. The highest BCUT2D eigenvalue weighted by Crippen LogP contribution is 1.97. The minimum absolute atomic E-state index is 0.0500. The Morgan fingerprint density at radius 1 is 1.55 bits per heavy atom. The predicted molar refractivity (Wildman–Crippen MR) is 45.9 cm³/mol. The van der Waals surface area contributed by atoms with Crippen molar-refractivity contribution in [2.45, 2.75) is 25.2 Å². The maximum absolute atomic E-state index is 10.8. The minimum Gasteiger partial charge on any atom is -0.462 e. The SMILES string of the molecule is COC(C)COC(=O)C(C)S. The van der Waals surface area contributed by atoms with E-state index in [2.05, 4.69) is 12.6 Å². The van der Waals surface area contributed by atoms with Gasteiger partial charge < -0.3 is 9.47 Å². The molecule has 0 spiro atoms. The number of hydrogen-bond donors (Lipinski definition) is 1. The van der Waals surface area contributed by atoms with Crippen molar-refractivity contribution in [1.82, 2.24) is 0 Å². The van der Waals surface area contributed by atoms with Gasteiger partial charge in [0, 0.05) is 7.11 Å². The molecule has 0 fully saturated rings. The van der Waals surface area contributed by atoms with Crippen molar-refractivity contribution in [3.8, 4) is 0 Å². The summed E-state index contributed by atoms with van der Waals surface area (Å²) in [5.74, 6) is -0.308. The Hall–Kier alpha value is -0.220. The van der Waals surface area contributed by atoms with E-state index >= 15 is 0 Å². The summed E-state index contributed by atoms with van der Waals surface area (Å²) < 4.78 is 9.69. The molecule has 0 saturated carbocycles. The van der Waals surface area contributed by atoms with Crippen molar-refractivity contribution in [2.24, 2.45) is 0 Å². The minimum atomic E-state index is -0.362. The smallest absolute Gasteiger partial charge is 0.318 e. The highest BCUT2D eigenvalue weighted by atomic mass is 32.1. The van der Waals surface area contributed by atoms with E-state index in [1.807, 2.05) is 6.92 Å². The van der Waals surface area contributed by atoms with Gasteiger partial charge in [-0.15, -0.1) is 0 Å². The average molecular weight is 178 g/mol. The number of thiol groups is 1. The lowest BCUT2D eigenvalue weighted by Gasteiger charge is -2.10. The molecule has 0 bridgehead atoms. The number of ether oxygens (including phenoxy) is 2. The van der Waals surface area contributed by atoms with E-state index in [1.165, 1.54) is 0 Å². The first-order valence-corrected chi connectivity index (χ1v) is 3.97. The van der Waals surface area contributed by atoms with Gasteiger partial charge in [0.15, 0.2) is 0 Å². The molecule has 0 amide bonds. The van der Waals surface area contributed by atoms with Crippen LogP contribution in [0.2, 0.25) is 0 Å². The number of esters is 1. The van der Waals surface area contributed by atoms with Crippen LogP contribution in [0.15, 0.2) is 0 Å². The van der Waals surface area contributed by atoms with Gasteiger partial charge in [0.25, 0.3) is 0 Å². The molecule has 0 aromatic carbocycles. The van der Waals surface area contributed by atoms with Crippen LogP contribution in [0.3, 0.4) is 0 Å². The largest absolute Gasteiger partial charge is 0.462 e. The fourth-order valence-electron chi connectivity index (χ4n) is 0.388. The van der Waals surface area contributed by atoms with E-state index in [0.717, 1.165) is 0 Å². The molecule has 11 heavy (non-hydrogen) atoms. The summed E-state index contributed by atoms with van der Waals surface area (Å²) in [5, 5.41) is -0.362. The van der Waals surface area contributed by atoms with E-state index in [9.17, 15) is 4.79 Å². The number of carbonyl (C=O) groups is 1. The van der Waals surface area contributed by atoms with Gasteiger partial charge in [-0.2, -0.15) is 12.6 Å². The third-order valence-electron chi connectivity index (χ3n) is 1.20. The van der Waals surface area contributed by atoms with Crippen molar-refractivity contribution >= 4 is 18.6 Å². The molecule has 0 rings (SSSR count). The molecule has 4 heteroatoms. The van der Waals surface area contributed by atoms with Crippen LogP contribution in [0.4, 0.5) is 0 Å². The van der Waals surface area contributed by atoms with Crippen LogP contribution in [0.1, 0.15) is 13.8 Å². The Bertz CT molecular complexity index is 125. The second-order valence-electron chi connectivity index (χ2n) is 2.35. The molecular formula is C7H14O3S. The van der Waals surface area contributed by atoms with Gasteiger partial charge in [0.05, 0.1) is 11.4 Å². The van der Waals surface area contributed by atoms with Gasteiger partial charge in [-0.3, -0.25) is 4.79 Å². The molecule has 0 aliphatic carbocycles. The van der Waals surface area contributed by atoms with Gasteiger partial charge >= 0.3 is 5.97 Å². The second-order valence-corrected chi connectivity index (χ2v) is 3.13. The maximum Gasteiger partial charge on any atom is 0.318 e. The zero-order chi connectivity index (χ0) is 8.85. The van der Waals surface area contributed by atoms with E-state index < -0.39 is 0 Å². The van der Waals surface area contributed by atoms with Gasteiger partial charge in [0.2, 0.25) is 0 Å². The van der Waals surface area contributed by atoms with Crippen LogP contribution in [-0.4, -0.2) is 31.0 Å². The van der Waals surface area contributed by atoms with Crippen LogP contribution in [0, 0.1) is 0 Å². The summed E-state index contributed by atoms with van der Waals surface area (Å²) in [6.07, 6.45) is -0.0500. The summed E-state index contributed by atoms with van der Waals surface area (Å²) in [7, 11) is 1.57. The monoisotopic (exact) mass is 178 g/mol. The van der Waals surface area contributed by atoms with Crippen molar-refractivity contribution in [2.75, 3.05) is 13.7 Å². The zero-order valence-electron chi connectivity index (χ0n) is 7.03. The average Bonchev–Trinajstić information content (AvgIpc) is 1.99.